The van der Waals surface area contributed by atoms with Crippen molar-refractivity contribution in [2.75, 3.05) is 11.5 Å². The first kappa shape index (κ1) is 17.7. The average Bonchev–Trinajstić information content (AvgIpc) is 3.40. The van der Waals surface area contributed by atoms with E-state index in [-0.39, 0.29) is 23.7 Å². The summed E-state index contributed by atoms with van der Waals surface area (Å²) in [6.45, 7) is 2.49. The third-order valence-electron chi connectivity index (χ3n) is 6.09. The van der Waals surface area contributed by atoms with Gasteiger partial charge in [0.15, 0.2) is 0 Å². The van der Waals surface area contributed by atoms with Gasteiger partial charge >= 0.3 is 0 Å². The second kappa shape index (κ2) is 6.59. The van der Waals surface area contributed by atoms with Gasteiger partial charge in [0, 0.05) is 5.41 Å². The fourth-order valence-corrected chi connectivity index (χ4v) is 4.87. The number of fused-ring (bicyclic) bond motifs is 1. The monoisotopic (exact) mass is 383 g/mol. The number of imide groups is 1. The van der Waals surface area contributed by atoms with Crippen LogP contribution < -0.4 is 9.64 Å². The Bertz CT molecular complexity index is 997. The van der Waals surface area contributed by atoms with Gasteiger partial charge in [0.25, 0.3) is 0 Å². The van der Waals surface area contributed by atoms with Crippen molar-refractivity contribution in [2.45, 2.75) is 12.3 Å². The van der Waals surface area contributed by atoms with Gasteiger partial charge in [-0.2, -0.15) is 0 Å². The molecule has 2 atom stereocenters. The molecule has 0 radical (unpaired) electrons. The molecule has 5 rings (SSSR count). The Morgan fingerprint density at radius 1 is 0.759 bits per heavy atom. The Morgan fingerprint density at radius 2 is 1.24 bits per heavy atom. The summed E-state index contributed by atoms with van der Waals surface area (Å²) < 4.78 is 5.47. The second-order valence-corrected chi connectivity index (χ2v) is 7.50. The van der Waals surface area contributed by atoms with Gasteiger partial charge in [0.1, 0.15) is 5.75 Å². The Kier molecular flexibility index (Phi) is 4.02. The highest BCUT2D eigenvalue weighted by Crippen LogP contribution is 2.68. The lowest BCUT2D eigenvalue weighted by atomic mass is 9.83. The van der Waals surface area contributed by atoms with Crippen molar-refractivity contribution in [3.8, 4) is 5.75 Å². The van der Waals surface area contributed by atoms with Crippen molar-refractivity contribution in [3.05, 3.63) is 96.1 Å². The zero-order valence-electron chi connectivity index (χ0n) is 16.1. The largest absolute Gasteiger partial charge is 0.494 e. The number of rotatable bonds is 5. The molecule has 1 aliphatic carbocycles. The number of hydrogen-bond acceptors (Lipinski definition) is 3. The number of amides is 2. The first-order valence-corrected chi connectivity index (χ1v) is 9.91. The minimum Gasteiger partial charge on any atom is -0.494 e. The molecule has 0 aromatic heterocycles. The van der Waals surface area contributed by atoms with E-state index in [9.17, 15) is 9.59 Å². The number of carbonyl (C=O) groups is 2. The van der Waals surface area contributed by atoms with Crippen LogP contribution in [-0.2, 0) is 15.0 Å². The molecule has 0 N–H and O–H groups in total. The number of benzene rings is 3. The van der Waals surface area contributed by atoms with Crippen molar-refractivity contribution < 1.29 is 14.3 Å². The van der Waals surface area contributed by atoms with Crippen molar-refractivity contribution in [1.82, 2.24) is 0 Å². The van der Waals surface area contributed by atoms with Crippen molar-refractivity contribution in [3.63, 3.8) is 0 Å². The fourth-order valence-electron chi connectivity index (χ4n) is 4.87. The number of piperidine rings is 1. The van der Waals surface area contributed by atoms with Crippen LogP contribution in [0.1, 0.15) is 18.1 Å². The van der Waals surface area contributed by atoms with E-state index in [2.05, 4.69) is 0 Å². The standard InChI is InChI=1S/C25H21NO3/c1-2-29-20-15-13-19(14-16-20)26-23(27)21-22(24(26)28)25(21,17-9-5-3-6-10-17)18-11-7-4-8-12-18/h3-16,21-22H,2H2,1H3/t21-,22-/m0/s1. The molecule has 0 unspecified atom stereocenters. The van der Waals surface area contributed by atoms with Crippen LogP contribution in [0.15, 0.2) is 84.9 Å². The first-order valence-electron chi connectivity index (χ1n) is 9.91. The molecule has 1 saturated carbocycles. The molecular formula is C25H21NO3. The summed E-state index contributed by atoms with van der Waals surface area (Å²) in [5.41, 5.74) is 2.08. The maximum Gasteiger partial charge on any atom is 0.239 e. The van der Waals surface area contributed by atoms with Crippen LogP contribution in [0.4, 0.5) is 5.69 Å². The smallest absolute Gasteiger partial charge is 0.239 e. The van der Waals surface area contributed by atoms with E-state index in [4.69, 9.17) is 4.74 Å². The minimum absolute atomic E-state index is 0.128. The quantitative estimate of drug-likeness (QED) is 0.621. The lowest BCUT2D eigenvalue weighted by Gasteiger charge is -2.26. The Morgan fingerprint density at radius 3 is 1.69 bits per heavy atom. The Balaban J connectivity index is 1.54. The molecule has 3 aromatic rings. The molecular weight excluding hydrogens is 362 g/mol. The maximum absolute atomic E-state index is 13.4. The molecule has 2 aliphatic rings. The molecule has 0 spiro atoms. The summed E-state index contributed by atoms with van der Waals surface area (Å²) in [5, 5.41) is 0. The zero-order valence-corrected chi connectivity index (χ0v) is 16.1. The molecule has 2 amide bonds. The van der Waals surface area contributed by atoms with Crippen LogP contribution in [0, 0.1) is 11.8 Å². The summed E-state index contributed by atoms with van der Waals surface area (Å²) in [4.78, 5) is 28.2. The van der Waals surface area contributed by atoms with Crippen LogP contribution >= 0.6 is 0 Å². The molecule has 1 aliphatic heterocycles. The van der Waals surface area contributed by atoms with Crippen molar-refractivity contribution in [1.29, 1.82) is 0 Å². The molecule has 0 bridgehead atoms. The summed E-state index contributed by atoms with van der Waals surface area (Å²) in [6, 6.07) is 27.0. The van der Waals surface area contributed by atoms with Crippen LogP contribution in [-0.4, -0.2) is 18.4 Å². The second-order valence-electron chi connectivity index (χ2n) is 7.50. The van der Waals surface area contributed by atoms with E-state index >= 15 is 0 Å². The highest BCUT2D eigenvalue weighted by atomic mass is 16.5. The van der Waals surface area contributed by atoms with Gasteiger partial charge in [0.2, 0.25) is 11.8 Å². The van der Waals surface area contributed by atoms with Gasteiger partial charge < -0.3 is 4.74 Å². The molecule has 4 heteroatoms. The van der Waals surface area contributed by atoms with Crippen LogP contribution in [0.25, 0.3) is 0 Å². The van der Waals surface area contributed by atoms with E-state index in [1.54, 1.807) is 24.3 Å². The van der Waals surface area contributed by atoms with E-state index in [0.717, 1.165) is 16.9 Å². The first-order chi connectivity index (χ1) is 14.2. The predicted octanol–water partition coefficient (Wildman–Crippen LogP) is 4.19. The van der Waals surface area contributed by atoms with Crippen LogP contribution in [0.2, 0.25) is 0 Å². The summed E-state index contributed by atoms with van der Waals surface area (Å²) >= 11 is 0. The third kappa shape index (κ3) is 2.45. The normalized spacial score (nSPS) is 21.8. The predicted molar refractivity (Wildman–Crippen MR) is 111 cm³/mol. The molecule has 1 saturated heterocycles. The number of nitrogens with zero attached hydrogens (tertiary/aromatic N) is 1. The molecule has 2 fully saturated rings. The van der Waals surface area contributed by atoms with Gasteiger partial charge in [-0.3, -0.25) is 9.59 Å². The number of anilines is 1. The van der Waals surface area contributed by atoms with Crippen molar-refractivity contribution >= 4 is 17.5 Å². The number of hydrogen-bond donors (Lipinski definition) is 0. The lowest BCUT2D eigenvalue weighted by molar-refractivity contribution is -0.124. The molecule has 1 heterocycles. The topological polar surface area (TPSA) is 46.6 Å². The van der Waals surface area contributed by atoms with Crippen LogP contribution in [0.5, 0.6) is 5.75 Å². The van der Waals surface area contributed by atoms with Crippen molar-refractivity contribution in [2.24, 2.45) is 11.8 Å². The summed E-state index contributed by atoms with van der Waals surface area (Å²) in [5.74, 6) is -0.269. The lowest BCUT2D eigenvalue weighted by Crippen LogP contribution is -2.39. The minimum atomic E-state index is -0.571. The molecule has 144 valence electrons. The molecule has 29 heavy (non-hydrogen) atoms. The van der Waals surface area contributed by atoms with Gasteiger partial charge in [-0.1, -0.05) is 60.7 Å². The van der Waals surface area contributed by atoms with Gasteiger partial charge in [0.05, 0.1) is 24.1 Å². The van der Waals surface area contributed by atoms with Gasteiger partial charge in [-0.05, 0) is 42.3 Å². The van der Waals surface area contributed by atoms with Crippen LogP contribution in [0.3, 0.4) is 0 Å². The Hall–Kier alpha value is -3.40. The zero-order chi connectivity index (χ0) is 20.0. The molecule has 4 nitrogen and oxygen atoms in total. The average molecular weight is 383 g/mol. The van der Waals surface area contributed by atoms with E-state index in [0.29, 0.717) is 12.3 Å². The highest BCUT2D eigenvalue weighted by molar-refractivity contribution is 6.27. The fraction of sp³-hybridized carbons (Fsp3) is 0.200. The molecule has 3 aromatic carbocycles. The number of ether oxygens (including phenoxy) is 1. The van der Waals surface area contributed by atoms with E-state index < -0.39 is 5.41 Å². The maximum atomic E-state index is 13.4. The number of carbonyl (C=O) groups excluding carboxylic acids is 2. The third-order valence-corrected chi connectivity index (χ3v) is 6.09. The van der Waals surface area contributed by atoms with E-state index in [1.165, 1.54) is 4.90 Å². The van der Waals surface area contributed by atoms with Gasteiger partial charge in [-0.25, -0.2) is 4.90 Å². The highest BCUT2D eigenvalue weighted by Gasteiger charge is 2.78. The van der Waals surface area contributed by atoms with E-state index in [1.807, 2.05) is 67.6 Å². The Labute approximate surface area is 169 Å². The SMILES string of the molecule is CCOc1ccc(N2C(=O)[C@@H]3[C@@H](C2=O)C3(c2ccccc2)c2ccccc2)cc1. The van der Waals surface area contributed by atoms with Gasteiger partial charge in [-0.15, -0.1) is 0 Å². The summed E-state index contributed by atoms with van der Waals surface area (Å²) in [6.07, 6.45) is 0. The summed E-state index contributed by atoms with van der Waals surface area (Å²) in [7, 11) is 0.